The Morgan fingerprint density at radius 1 is 1.22 bits per heavy atom. The molecule has 2 nitrogen and oxygen atoms in total. The first-order valence-electron chi connectivity index (χ1n) is 6.14. The lowest BCUT2D eigenvalue weighted by molar-refractivity contribution is 0.860. The maximum Gasteiger partial charge on any atom is 0.186 e. The molecule has 0 saturated heterocycles. The minimum atomic E-state index is 0.999. The molecular formula is C14H17BrN2S. The normalized spacial score (nSPS) is 10.7. The van der Waals surface area contributed by atoms with E-state index < -0.39 is 0 Å². The molecule has 2 rings (SSSR count). The summed E-state index contributed by atoms with van der Waals surface area (Å²) in [5.41, 5.74) is 2.26. The molecule has 0 bridgehead atoms. The molecule has 0 atom stereocenters. The second kappa shape index (κ2) is 5.85. The van der Waals surface area contributed by atoms with Crippen LogP contribution >= 0.6 is 27.3 Å². The largest absolute Gasteiger partial charge is 0.349 e. The molecule has 0 spiro atoms. The number of aryl methyl sites for hydroxylation is 1. The van der Waals surface area contributed by atoms with Crippen LogP contribution in [-0.2, 0) is 0 Å². The van der Waals surface area contributed by atoms with E-state index in [-0.39, 0.29) is 0 Å². The molecule has 0 aliphatic heterocycles. The predicted octanol–water partition coefficient (Wildman–Crippen LogP) is 4.73. The average Bonchev–Trinajstić information content (AvgIpc) is 2.73. The standard InChI is InChI=1S/C14H17BrN2S/c1-4-17(5-2)14-16-13(10(3)18-14)11-8-6-7-9-12(11)15/h6-9H,4-5H2,1-3H3. The second-order valence-corrected chi connectivity index (χ2v) is 6.09. The van der Waals surface area contributed by atoms with Crippen LogP contribution in [0.4, 0.5) is 5.13 Å². The van der Waals surface area contributed by atoms with Gasteiger partial charge in [0.1, 0.15) is 0 Å². The molecule has 2 aromatic rings. The fourth-order valence-electron chi connectivity index (χ4n) is 1.91. The van der Waals surface area contributed by atoms with Crippen molar-refractivity contribution in [3.8, 4) is 11.3 Å². The summed E-state index contributed by atoms with van der Waals surface area (Å²) in [6.07, 6.45) is 0. The van der Waals surface area contributed by atoms with Crippen LogP contribution in [0.2, 0.25) is 0 Å². The lowest BCUT2D eigenvalue weighted by Gasteiger charge is -2.16. The highest BCUT2D eigenvalue weighted by Crippen LogP contribution is 2.35. The summed E-state index contributed by atoms with van der Waals surface area (Å²) >= 11 is 5.37. The van der Waals surface area contributed by atoms with Gasteiger partial charge in [0.2, 0.25) is 0 Å². The molecule has 18 heavy (non-hydrogen) atoms. The first-order valence-corrected chi connectivity index (χ1v) is 7.75. The van der Waals surface area contributed by atoms with Crippen molar-refractivity contribution in [1.29, 1.82) is 0 Å². The Balaban J connectivity index is 2.44. The van der Waals surface area contributed by atoms with E-state index in [1.54, 1.807) is 11.3 Å². The van der Waals surface area contributed by atoms with Gasteiger partial charge in [-0.3, -0.25) is 0 Å². The lowest BCUT2D eigenvalue weighted by atomic mass is 10.1. The predicted molar refractivity (Wildman–Crippen MR) is 83.5 cm³/mol. The van der Waals surface area contributed by atoms with Crippen molar-refractivity contribution in [1.82, 2.24) is 4.98 Å². The van der Waals surface area contributed by atoms with Gasteiger partial charge in [-0.05, 0) is 26.8 Å². The Labute approximate surface area is 121 Å². The number of anilines is 1. The highest BCUT2D eigenvalue weighted by molar-refractivity contribution is 9.10. The van der Waals surface area contributed by atoms with Crippen molar-refractivity contribution in [3.63, 3.8) is 0 Å². The Morgan fingerprint density at radius 2 is 1.89 bits per heavy atom. The molecule has 0 saturated carbocycles. The maximum atomic E-state index is 4.80. The smallest absolute Gasteiger partial charge is 0.186 e. The number of halogens is 1. The summed E-state index contributed by atoms with van der Waals surface area (Å²) in [4.78, 5) is 8.35. The Morgan fingerprint density at radius 3 is 2.50 bits per heavy atom. The summed E-state index contributed by atoms with van der Waals surface area (Å²) in [5, 5.41) is 1.11. The van der Waals surface area contributed by atoms with Gasteiger partial charge in [-0.1, -0.05) is 34.1 Å². The summed E-state index contributed by atoms with van der Waals surface area (Å²) < 4.78 is 1.10. The topological polar surface area (TPSA) is 16.1 Å². The van der Waals surface area contributed by atoms with Crippen LogP contribution in [0, 0.1) is 6.92 Å². The van der Waals surface area contributed by atoms with Gasteiger partial charge in [-0.2, -0.15) is 0 Å². The van der Waals surface area contributed by atoms with Gasteiger partial charge in [-0.25, -0.2) is 4.98 Å². The fourth-order valence-corrected chi connectivity index (χ4v) is 3.44. The molecule has 0 amide bonds. The monoisotopic (exact) mass is 324 g/mol. The van der Waals surface area contributed by atoms with E-state index in [2.05, 4.69) is 59.8 Å². The van der Waals surface area contributed by atoms with Crippen molar-refractivity contribution >= 4 is 32.4 Å². The number of hydrogen-bond acceptors (Lipinski definition) is 3. The summed E-state index contributed by atoms with van der Waals surface area (Å²) in [6, 6.07) is 8.25. The molecule has 0 radical (unpaired) electrons. The Hall–Kier alpha value is -0.870. The van der Waals surface area contributed by atoms with E-state index in [9.17, 15) is 0 Å². The van der Waals surface area contributed by atoms with E-state index in [1.807, 2.05) is 6.07 Å². The van der Waals surface area contributed by atoms with Crippen LogP contribution in [-0.4, -0.2) is 18.1 Å². The second-order valence-electron chi connectivity index (χ2n) is 4.05. The third kappa shape index (κ3) is 2.59. The maximum absolute atomic E-state index is 4.80. The van der Waals surface area contributed by atoms with Gasteiger partial charge >= 0.3 is 0 Å². The van der Waals surface area contributed by atoms with Crippen LogP contribution in [0.25, 0.3) is 11.3 Å². The Kier molecular flexibility index (Phi) is 4.40. The average molecular weight is 325 g/mol. The minimum absolute atomic E-state index is 0.999. The number of rotatable bonds is 4. The van der Waals surface area contributed by atoms with E-state index in [1.165, 1.54) is 10.4 Å². The molecule has 1 aromatic heterocycles. The number of hydrogen-bond donors (Lipinski definition) is 0. The SMILES string of the molecule is CCN(CC)c1nc(-c2ccccc2Br)c(C)s1. The molecule has 0 aliphatic rings. The van der Waals surface area contributed by atoms with Crippen molar-refractivity contribution in [2.45, 2.75) is 20.8 Å². The molecule has 0 unspecified atom stereocenters. The van der Waals surface area contributed by atoms with E-state index in [4.69, 9.17) is 4.98 Å². The summed E-state index contributed by atoms with van der Waals surface area (Å²) in [5.74, 6) is 0. The van der Waals surface area contributed by atoms with Gasteiger partial charge in [0.25, 0.3) is 0 Å². The first kappa shape index (κ1) is 13.6. The van der Waals surface area contributed by atoms with Gasteiger partial charge in [0.05, 0.1) is 5.69 Å². The first-order chi connectivity index (χ1) is 8.67. The highest BCUT2D eigenvalue weighted by atomic mass is 79.9. The molecule has 0 fully saturated rings. The van der Waals surface area contributed by atoms with Crippen molar-refractivity contribution in [2.24, 2.45) is 0 Å². The zero-order valence-corrected chi connectivity index (χ0v) is 13.3. The molecule has 0 aliphatic carbocycles. The van der Waals surface area contributed by atoms with Crippen molar-refractivity contribution in [3.05, 3.63) is 33.6 Å². The summed E-state index contributed by atoms with van der Waals surface area (Å²) in [6.45, 7) is 8.47. The quantitative estimate of drug-likeness (QED) is 0.808. The third-order valence-corrected chi connectivity index (χ3v) is 4.67. The zero-order valence-electron chi connectivity index (χ0n) is 10.9. The molecule has 4 heteroatoms. The number of nitrogens with zero attached hydrogens (tertiary/aromatic N) is 2. The van der Waals surface area contributed by atoms with Gasteiger partial charge in [0.15, 0.2) is 5.13 Å². The van der Waals surface area contributed by atoms with Gasteiger partial charge in [0, 0.05) is 28.0 Å². The van der Waals surface area contributed by atoms with Crippen LogP contribution < -0.4 is 4.90 Å². The van der Waals surface area contributed by atoms with E-state index >= 15 is 0 Å². The van der Waals surface area contributed by atoms with Crippen LogP contribution in [0.15, 0.2) is 28.7 Å². The van der Waals surface area contributed by atoms with Crippen LogP contribution in [0.5, 0.6) is 0 Å². The molecule has 1 heterocycles. The van der Waals surface area contributed by atoms with Crippen LogP contribution in [0.1, 0.15) is 18.7 Å². The molecule has 96 valence electrons. The fraction of sp³-hybridized carbons (Fsp3) is 0.357. The number of thiazole rings is 1. The molecular weight excluding hydrogens is 308 g/mol. The third-order valence-electron chi connectivity index (χ3n) is 2.95. The summed E-state index contributed by atoms with van der Waals surface area (Å²) in [7, 11) is 0. The highest BCUT2D eigenvalue weighted by Gasteiger charge is 2.14. The Bertz CT molecular complexity index is 532. The zero-order chi connectivity index (χ0) is 13.1. The lowest BCUT2D eigenvalue weighted by Crippen LogP contribution is -2.21. The number of aromatic nitrogens is 1. The molecule has 0 N–H and O–H groups in total. The van der Waals surface area contributed by atoms with E-state index in [0.717, 1.165) is 28.4 Å². The molecule has 1 aromatic carbocycles. The van der Waals surface area contributed by atoms with Crippen molar-refractivity contribution in [2.75, 3.05) is 18.0 Å². The van der Waals surface area contributed by atoms with E-state index in [0.29, 0.717) is 0 Å². The number of benzene rings is 1. The van der Waals surface area contributed by atoms with Crippen molar-refractivity contribution < 1.29 is 0 Å². The van der Waals surface area contributed by atoms with Gasteiger partial charge in [-0.15, -0.1) is 11.3 Å². The van der Waals surface area contributed by atoms with Crippen LogP contribution in [0.3, 0.4) is 0 Å². The minimum Gasteiger partial charge on any atom is -0.349 e. The van der Waals surface area contributed by atoms with Gasteiger partial charge < -0.3 is 4.90 Å².